The van der Waals surface area contributed by atoms with Crippen molar-refractivity contribution in [3.63, 3.8) is 0 Å². The summed E-state index contributed by atoms with van der Waals surface area (Å²) in [6, 6.07) is 1.87. The van der Waals surface area contributed by atoms with Gasteiger partial charge in [0.05, 0.1) is 18.8 Å². The van der Waals surface area contributed by atoms with Gasteiger partial charge in [-0.25, -0.2) is 0 Å². The third kappa shape index (κ3) is 4.02. The number of hydrogen-bond donors (Lipinski definition) is 2. The molecule has 2 N–H and O–H groups in total. The van der Waals surface area contributed by atoms with Crippen molar-refractivity contribution in [3.8, 4) is 6.07 Å². The van der Waals surface area contributed by atoms with E-state index in [9.17, 15) is 4.79 Å². The summed E-state index contributed by atoms with van der Waals surface area (Å²) in [7, 11) is 0. The van der Waals surface area contributed by atoms with Crippen LogP contribution in [0.5, 0.6) is 0 Å². The van der Waals surface area contributed by atoms with Gasteiger partial charge in [0.25, 0.3) is 5.91 Å². The van der Waals surface area contributed by atoms with Crippen molar-refractivity contribution in [1.82, 2.24) is 10.2 Å². The number of morpholine rings is 1. The number of aliphatic hydroxyl groups is 1. The van der Waals surface area contributed by atoms with E-state index in [1.807, 2.05) is 19.9 Å². The topological polar surface area (TPSA) is 85.6 Å². The summed E-state index contributed by atoms with van der Waals surface area (Å²) < 4.78 is 5.53. The van der Waals surface area contributed by atoms with Crippen LogP contribution in [0.25, 0.3) is 0 Å². The Bertz CT molecular complexity index is 352. The molecule has 2 unspecified atom stereocenters. The van der Waals surface area contributed by atoms with E-state index in [-0.39, 0.29) is 30.3 Å². The van der Waals surface area contributed by atoms with Gasteiger partial charge in [-0.1, -0.05) is 0 Å². The Kier molecular flexibility index (Phi) is 5.62. The molecule has 18 heavy (non-hydrogen) atoms. The summed E-state index contributed by atoms with van der Waals surface area (Å²) in [5.74, 6) is -0.301. The number of carbonyl (C=O) groups is 1. The van der Waals surface area contributed by atoms with Crippen LogP contribution < -0.4 is 5.32 Å². The first-order chi connectivity index (χ1) is 8.58. The van der Waals surface area contributed by atoms with Gasteiger partial charge in [0, 0.05) is 25.8 Å². The molecule has 0 aromatic carbocycles. The Balaban J connectivity index is 2.66. The standard InChI is InChI=1S/C12H19N3O3/c1-9-7-15(8-10(2)18-9)12(17)11(5-13)6-14-3-4-16/h6,9-10,14,16H,3-4,7-8H2,1-2H3/b11-6-. The highest BCUT2D eigenvalue weighted by atomic mass is 16.5. The Hall–Kier alpha value is -1.58. The first-order valence-corrected chi connectivity index (χ1v) is 5.97. The molecule has 6 nitrogen and oxygen atoms in total. The molecule has 0 bridgehead atoms. The third-order valence-corrected chi connectivity index (χ3v) is 2.56. The first kappa shape index (κ1) is 14.5. The molecule has 1 saturated heterocycles. The summed E-state index contributed by atoms with van der Waals surface area (Å²) in [5, 5.41) is 20.3. The second-order valence-electron chi connectivity index (χ2n) is 4.31. The van der Waals surface area contributed by atoms with E-state index in [0.717, 1.165) is 0 Å². The summed E-state index contributed by atoms with van der Waals surface area (Å²) >= 11 is 0. The highest BCUT2D eigenvalue weighted by Gasteiger charge is 2.27. The minimum atomic E-state index is -0.301. The average Bonchev–Trinajstić information content (AvgIpc) is 2.33. The summed E-state index contributed by atoms with van der Waals surface area (Å²) in [4.78, 5) is 13.7. The number of nitriles is 1. The number of nitrogens with zero attached hydrogens (tertiary/aromatic N) is 2. The molecule has 100 valence electrons. The minimum absolute atomic E-state index is 0.0250. The van der Waals surface area contributed by atoms with Gasteiger partial charge in [0.1, 0.15) is 11.6 Å². The first-order valence-electron chi connectivity index (χ1n) is 5.97. The maximum Gasteiger partial charge on any atom is 0.266 e. The van der Waals surface area contributed by atoms with Gasteiger partial charge in [-0.3, -0.25) is 4.79 Å². The highest BCUT2D eigenvalue weighted by Crippen LogP contribution is 2.13. The summed E-state index contributed by atoms with van der Waals surface area (Å²) in [5.41, 5.74) is 0.0461. The number of ether oxygens (including phenoxy) is 1. The molecule has 1 amide bonds. The predicted octanol–water partition coefficient (Wildman–Crippen LogP) is -0.388. The van der Waals surface area contributed by atoms with Gasteiger partial charge in [0.15, 0.2) is 0 Å². The van der Waals surface area contributed by atoms with Crippen molar-refractivity contribution < 1.29 is 14.6 Å². The van der Waals surface area contributed by atoms with Crippen LogP contribution in [0.1, 0.15) is 13.8 Å². The molecule has 0 spiro atoms. The Morgan fingerprint density at radius 2 is 2.17 bits per heavy atom. The van der Waals surface area contributed by atoms with E-state index in [4.69, 9.17) is 15.1 Å². The minimum Gasteiger partial charge on any atom is -0.395 e. The van der Waals surface area contributed by atoms with Crippen LogP contribution in [0.4, 0.5) is 0 Å². The van der Waals surface area contributed by atoms with Gasteiger partial charge in [-0.15, -0.1) is 0 Å². The van der Waals surface area contributed by atoms with Crippen molar-refractivity contribution in [2.24, 2.45) is 0 Å². The Labute approximate surface area is 107 Å². The highest BCUT2D eigenvalue weighted by molar-refractivity contribution is 5.97. The zero-order chi connectivity index (χ0) is 13.5. The van der Waals surface area contributed by atoms with E-state index in [1.54, 1.807) is 4.90 Å². The van der Waals surface area contributed by atoms with Crippen LogP contribution >= 0.6 is 0 Å². The third-order valence-electron chi connectivity index (χ3n) is 2.56. The van der Waals surface area contributed by atoms with Gasteiger partial charge in [0.2, 0.25) is 0 Å². The number of hydrogen-bond acceptors (Lipinski definition) is 5. The molecule has 0 aromatic heterocycles. The van der Waals surface area contributed by atoms with Crippen molar-refractivity contribution in [3.05, 3.63) is 11.8 Å². The maximum absolute atomic E-state index is 12.1. The lowest BCUT2D eigenvalue weighted by Crippen LogP contribution is -2.48. The zero-order valence-corrected chi connectivity index (χ0v) is 10.7. The SMILES string of the molecule is CC1CN(C(=O)/C(C#N)=C\NCCO)CC(C)O1. The Morgan fingerprint density at radius 1 is 1.56 bits per heavy atom. The van der Waals surface area contributed by atoms with Gasteiger partial charge >= 0.3 is 0 Å². The summed E-state index contributed by atoms with van der Waals surface area (Å²) in [6.07, 6.45) is 1.30. The normalized spacial score (nSPS) is 24.6. The molecule has 1 heterocycles. The van der Waals surface area contributed by atoms with E-state index >= 15 is 0 Å². The number of aliphatic hydroxyl groups excluding tert-OH is 1. The average molecular weight is 253 g/mol. The smallest absolute Gasteiger partial charge is 0.266 e. The van der Waals surface area contributed by atoms with Crippen LogP contribution in [0.3, 0.4) is 0 Å². The number of amides is 1. The van der Waals surface area contributed by atoms with E-state index in [2.05, 4.69) is 5.32 Å². The van der Waals surface area contributed by atoms with Crippen LogP contribution in [0, 0.1) is 11.3 Å². The van der Waals surface area contributed by atoms with Crippen LogP contribution in [-0.2, 0) is 9.53 Å². The fraction of sp³-hybridized carbons (Fsp3) is 0.667. The zero-order valence-electron chi connectivity index (χ0n) is 10.7. The molecule has 1 aliphatic heterocycles. The Morgan fingerprint density at radius 3 is 2.67 bits per heavy atom. The number of carbonyl (C=O) groups excluding carboxylic acids is 1. The number of rotatable bonds is 4. The lowest BCUT2D eigenvalue weighted by Gasteiger charge is -2.35. The molecule has 0 radical (unpaired) electrons. The molecular formula is C12H19N3O3. The van der Waals surface area contributed by atoms with Crippen LogP contribution in [0.15, 0.2) is 11.8 Å². The molecule has 1 rings (SSSR count). The van der Waals surface area contributed by atoms with Gasteiger partial charge in [-0.2, -0.15) is 5.26 Å². The van der Waals surface area contributed by atoms with Crippen molar-refractivity contribution in [2.75, 3.05) is 26.2 Å². The molecular weight excluding hydrogens is 234 g/mol. The lowest BCUT2D eigenvalue weighted by atomic mass is 10.2. The second-order valence-corrected chi connectivity index (χ2v) is 4.31. The predicted molar refractivity (Wildman–Crippen MR) is 65.4 cm³/mol. The van der Waals surface area contributed by atoms with Crippen molar-refractivity contribution in [2.45, 2.75) is 26.1 Å². The lowest BCUT2D eigenvalue weighted by molar-refractivity contribution is -0.138. The van der Waals surface area contributed by atoms with Crippen LogP contribution in [-0.4, -0.2) is 54.4 Å². The molecule has 1 aliphatic rings. The van der Waals surface area contributed by atoms with Gasteiger partial charge in [-0.05, 0) is 13.8 Å². The monoisotopic (exact) mass is 253 g/mol. The molecule has 6 heteroatoms. The van der Waals surface area contributed by atoms with E-state index in [0.29, 0.717) is 19.6 Å². The van der Waals surface area contributed by atoms with Crippen molar-refractivity contribution in [1.29, 1.82) is 5.26 Å². The molecule has 0 saturated carbocycles. The quantitative estimate of drug-likeness (QED) is 0.405. The van der Waals surface area contributed by atoms with E-state index < -0.39 is 0 Å². The molecule has 0 aromatic rings. The second kappa shape index (κ2) is 6.99. The summed E-state index contributed by atoms with van der Waals surface area (Å²) in [6.45, 7) is 5.04. The van der Waals surface area contributed by atoms with Crippen molar-refractivity contribution >= 4 is 5.91 Å². The van der Waals surface area contributed by atoms with Crippen LogP contribution in [0.2, 0.25) is 0 Å². The van der Waals surface area contributed by atoms with Gasteiger partial charge < -0.3 is 20.1 Å². The maximum atomic E-state index is 12.1. The number of nitrogens with one attached hydrogen (secondary N) is 1. The molecule has 0 aliphatic carbocycles. The van der Waals surface area contributed by atoms with E-state index in [1.165, 1.54) is 6.20 Å². The fourth-order valence-corrected chi connectivity index (χ4v) is 1.89. The molecule has 2 atom stereocenters. The largest absolute Gasteiger partial charge is 0.395 e. The molecule has 1 fully saturated rings. The fourth-order valence-electron chi connectivity index (χ4n) is 1.89.